The second-order valence-electron chi connectivity index (χ2n) is 7.48. The van der Waals surface area contributed by atoms with Gasteiger partial charge in [0.05, 0.1) is 18.1 Å². The van der Waals surface area contributed by atoms with Gasteiger partial charge in [0.1, 0.15) is 11.6 Å². The molecule has 158 valence electrons. The molecule has 4 N–H and O–H groups in total. The lowest BCUT2D eigenvalue weighted by Crippen LogP contribution is -2.49. The molecule has 0 saturated carbocycles. The van der Waals surface area contributed by atoms with E-state index < -0.39 is 28.6 Å². The smallest absolute Gasteiger partial charge is 0.321 e. The minimum Gasteiger partial charge on any atom is -0.467 e. The molecule has 0 aromatic carbocycles. The third kappa shape index (κ3) is 7.26. The lowest BCUT2D eigenvalue weighted by molar-refractivity contribution is -0.119. The molecule has 0 aliphatic heterocycles. The molecular formula is C18H26N6O4S. The summed E-state index contributed by atoms with van der Waals surface area (Å²) in [6.07, 6.45) is 2.00. The zero-order valence-electron chi connectivity index (χ0n) is 16.9. The van der Waals surface area contributed by atoms with E-state index in [1.165, 1.54) is 0 Å². The largest absolute Gasteiger partial charge is 0.467 e. The highest BCUT2D eigenvalue weighted by atomic mass is 32.2. The first kappa shape index (κ1) is 22.5. The summed E-state index contributed by atoms with van der Waals surface area (Å²) < 4.78 is 7.15. The van der Waals surface area contributed by atoms with Gasteiger partial charge < -0.3 is 15.5 Å². The SMILES string of the molecule is CC(Sc1nnc(CCC(N)=O)n1Cc1ccco1)C(=O)NC(=O)NC(C)(C)C. The molecule has 11 heteroatoms. The Morgan fingerprint density at radius 2 is 2.03 bits per heavy atom. The zero-order valence-corrected chi connectivity index (χ0v) is 17.7. The number of furan rings is 1. The number of hydrogen-bond acceptors (Lipinski definition) is 7. The third-order valence-corrected chi connectivity index (χ3v) is 4.74. The van der Waals surface area contributed by atoms with Gasteiger partial charge in [-0.1, -0.05) is 11.8 Å². The summed E-state index contributed by atoms with van der Waals surface area (Å²) in [7, 11) is 0. The second kappa shape index (κ2) is 9.59. The van der Waals surface area contributed by atoms with Gasteiger partial charge in [0.15, 0.2) is 5.16 Å². The quantitative estimate of drug-likeness (QED) is 0.546. The van der Waals surface area contributed by atoms with Gasteiger partial charge in [0.2, 0.25) is 11.8 Å². The van der Waals surface area contributed by atoms with Crippen molar-refractivity contribution < 1.29 is 18.8 Å². The Kier molecular flexibility index (Phi) is 7.43. The molecule has 0 radical (unpaired) electrons. The first-order chi connectivity index (χ1) is 13.5. The van der Waals surface area contributed by atoms with Crippen LogP contribution in [-0.2, 0) is 22.6 Å². The van der Waals surface area contributed by atoms with Crippen molar-refractivity contribution in [3.63, 3.8) is 0 Å². The molecule has 29 heavy (non-hydrogen) atoms. The van der Waals surface area contributed by atoms with Crippen LogP contribution in [0.4, 0.5) is 4.79 Å². The van der Waals surface area contributed by atoms with Crippen LogP contribution >= 0.6 is 11.8 Å². The molecule has 1 unspecified atom stereocenters. The number of primary amides is 1. The maximum absolute atomic E-state index is 12.4. The first-order valence-electron chi connectivity index (χ1n) is 9.07. The Labute approximate surface area is 173 Å². The van der Waals surface area contributed by atoms with Gasteiger partial charge in [0.25, 0.3) is 0 Å². The predicted octanol–water partition coefficient (Wildman–Crippen LogP) is 1.44. The van der Waals surface area contributed by atoms with E-state index in [9.17, 15) is 14.4 Å². The summed E-state index contributed by atoms with van der Waals surface area (Å²) in [6, 6.07) is 3.01. The number of aryl methyl sites for hydroxylation is 1. The number of nitrogens with one attached hydrogen (secondary N) is 2. The Balaban J connectivity index is 2.10. The number of rotatable bonds is 8. The van der Waals surface area contributed by atoms with Gasteiger partial charge in [0, 0.05) is 18.4 Å². The van der Waals surface area contributed by atoms with Crippen molar-refractivity contribution in [3.05, 3.63) is 30.0 Å². The fraction of sp³-hybridized carbons (Fsp3) is 0.500. The van der Waals surface area contributed by atoms with Gasteiger partial charge in [-0.2, -0.15) is 0 Å². The number of nitrogens with two attached hydrogens (primary N) is 1. The molecule has 1 atom stereocenters. The summed E-state index contributed by atoms with van der Waals surface area (Å²) in [4.78, 5) is 35.4. The number of aromatic nitrogens is 3. The molecule has 0 bridgehead atoms. The van der Waals surface area contributed by atoms with Crippen molar-refractivity contribution in [2.24, 2.45) is 5.73 Å². The minimum absolute atomic E-state index is 0.129. The molecule has 2 rings (SSSR count). The molecule has 0 saturated heterocycles. The highest BCUT2D eigenvalue weighted by molar-refractivity contribution is 8.00. The van der Waals surface area contributed by atoms with Crippen molar-refractivity contribution in [1.29, 1.82) is 0 Å². The molecule has 10 nitrogen and oxygen atoms in total. The second-order valence-corrected chi connectivity index (χ2v) is 8.79. The fourth-order valence-electron chi connectivity index (χ4n) is 2.34. The number of nitrogens with zero attached hydrogens (tertiary/aromatic N) is 3. The molecule has 4 amide bonds. The highest BCUT2D eigenvalue weighted by Crippen LogP contribution is 2.24. The summed E-state index contributed by atoms with van der Waals surface area (Å²) >= 11 is 1.15. The van der Waals surface area contributed by atoms with Crippen molar-refractivity contribution in [3.8, 4) is 0 Å². The van der Waals surface area contributed by atoms with E-state index in [1.54, 1.807) is 29.9 Å². The molecule has 0 spiro atoms. The average Bonchev–Trinajstić information content (AvgIpc) is 3.22. The molecule has 0 aliphatic rings. The van der Waals surface area contributed by atoms with Crippen LogP contribution < -0.4 is 16.4 Å². The Hall–Kier alpha value is -2.82. The van der Waals surface area contributed by atoms with Crippen molar-refractivity contribution in [2.45, 2.75) is 63.0 Å². The van der Waals surface area contributed by atoms with E-state index in [0.717, 1.165) is 11.8 Å². The summed E-state index contributed by atoms with van der Waals surface area (Å²) in [5.41, 5.74) is 4.77. The van der Waals surface area contributed by atoms with E-state index >= 15 is 0 Å². The third-order valence-electron chi connectivity index (χ3n) is 3.66. The number of carbonyl (C=O) groups is 3. The molecule has 2 aromatic heterocycles. The molecule has 2 heterocycles. The Morgan fingerprint density at radius 1 is 1.31 bits per heavy atom. The van der Waals surface area contributed by atoms with Gasteiger partial charge in [-0.05, 0) is 39.8 Å². The zero-order chi connectivity index (χ0) is 21.6. The van der Waals surface area contributed by atoms with Gasteiger partial charge in [-0.25, -0.2) is 4.79 Å². The highest BCUT2D eigenvalue weighted by Gasteiger charge is 2.23. The van der Waals surface area contributed by atoms with Crippen LogP contribution in [0.1, 0.15) is 45.7 Å². The topological polar surface area (TPSA) is 145 Å². The standard InChI is InChI=1S/C18H26N6O4S/c1-11(15(26)20-16(27)21-18(2,3)4)29-17-23-22-14(8-7-13(19)25)24(17)10-12-6-5-9-28-12/h5-6,9,11H,7-8,10H2,1-4H3,(H2,19,25)(H2,20,21,26,27). The normalized spacial score (nSPS) is 12.4. The van der Waals surface area contributed by atoms with Gasteiger partial charge in [-0.3, -0.25) is 19.5 Å². The van der Waals surface area contributed by atoms with Crippen LogP contribution in [0.25, 0.3) is 0 Å². The lowest BCUT2D eigenvalue weighted by Gasteiger charge is -2.21. The maximum atomic E-state index is 12.4. The lowest BCUT2D eigenvalue weighted by atomic mass is 10.1. The van der Waals surface area contributed by atoms with Gasteiger partial charge >= 0.3 is 6.03 Å². The monoisotopic (exact) mass is 422 g/mol. The van der Waals surface area contributed by atoms with Crippen molar-refractivity contribution in [1.82, 2.24) is 25.4 Å². The fourth-order valence-corrected chi connectivity index (χ4v) is 3.21. The Morgan fingerprint density at radius 3 is 2.62 bits per heavy atom. The van der Waals surface area contributed by atoms with Crippen LogP contribution in [0.15, 0.2) is 28.0 Å². The molecule has 2 aromatic rings. The van der Waals surface area contributed by atoms with E-state index in [-0.39, 0.29) is 6.42 Å². The summed E-state index contributed by atoms with van der Waals surface area (Å²) in [5, 5.41) is 13.1. The van der Waals surface area contributed by atoms with Crippen LogP contribution in [-0.4, -0.2) is 43.4 Å². The van der Waals surface area contributed by atoms with Crippen LogP contribution in [0, 0.1) is 0 Å². The average molecular weight is 423 g/mol. The number of imide groups is 1. The van der Waals surface area contributed by atoms with E-state index in [4.69, 9.17) is 10.2 Å². The number of amides is 4. The summed E-state index contributed by atoms with van der Waals surface area (Å²) in [5.74, 6) is 0.335. The van der Waals surface area contributed by atoms with Crippen molar-refractivity contribution >= 4 is 29.6 Å². The first-order valence-corrected chi connectivity index (χ1v) is 9.95. The molecule has 0 fully saturated rings. The van der Waals surface area contributed by atoms with Crippen LogP contribution in [0.2, 0.25) is 0 Å². The van der Waals surface area contributed by atoms with E-state index in [1.807, 2.05) is 20.8 Å². The number of carbonyl (C=O) groups excluding carboxylic acids is 3. The number of urea groups is 1. The predicted molar refractivity (Wildman–Crippen MR) is 107 cm³/mol. The molecule has 0 aliphatic carbocycles. The van der Waals surface area contributed by atoms with Gasteiger partial charge in [-0.15, -0.1) is 10.2 Å². The minimum atomic E-state index is -0.607. The Bertz CT molecular complexity index is 856. The van der Waals surface area contributed by atoms with E-state index in [0.29, 0.717) is 29.7 Å². The number of thioether (sulfide) groups is 1. The molecular weight excluding hydrogens is 396 g/mol. The number of hydrogen-bond donors (Lipinski definition) is 3. The van der Waals surface area contributed by atoms with Crippen molar-refractivity contribution in [2.75, 3.05) is 0 Å². The van der Waals surface area contributed by atoms with Crippen LogP contribution in [0.3, 0.4) is 0 Å². The maximum Gasteiger partial charge on any atom is 0.321 e. The van der Waals surface area contributed by atoms with Crippen LogP contribution in [0.5, 0.6) is 0 Å². The summed E-state index contributed by atoms with van der Waals surface area (Å²) in [6.45, 7) is 7.47. The van der Waals surface area contributed by atoms with E-state index in [2.05, 4.69) is 20.8 Å².